The van der Waals surface area contributed by atoms with Crippen LogP contribution in [-0.4, -0.2) is 4.98 Å². The van der Waals surface area contributed by atoms with Gasteiger partial charge in [0.05, 0.1) is 10.7 Å². The van der Waals surface area contributed by atoms with Gasteiger partial charge in [0.15, 0.2) is 0 Å². The molecule has 0 saturated carbocycles. The van der Waals surface area contributed by atoms with E-state index < -0.39 is 0 Å². The Bertz CT molecular complexity index is 1170. The molecule has 134 valence electrons. The van der Waals surface area contributed by atoms with Crippen LogP contribution in [0.1, 0.15) is 0 Å². The molecule has 1 heterocycles. The van der Waals surface area contributed by atoms with Crippen molar-refractivity contribution in [2.45, 2.75) is 0 Å². The minimum Gasteiger partial charge on any atom is -0.309 e. The van der Waals surface area contributed by atoms with Crippen LogP contribution in [0.4, 0.5) is 17.1 Å². The van der Waals surface area contributed by atoms with Gasteiger partial charge >= 0.3 is 0 Å². The summed E-state index contributed by atoms with van der Waals surface area (Å²) in [5.41, 5.74) is 3.26. The van der Waals surface area contributed by atoms with Crippen molar-refractivity contribution >= 4 is 50.2 Å². The monoisotopic (exact) mass is 380 g/mol. The van der Waals surface area contributed by atoms with E-state index in [2.05, 4.69) is 76.6 Å². The molecule has 5 aromatic rings. The third-order valence-corrected chi connectivity index (χ3v) is 5.39. The Labute approximate surface area is 168 Å². The van der Waals surface area contributed by atoms with Gasteiger partial charge in [-0.2, -0.15) is 0 Å². The van der Waals surface area contributed by atoms with Crippen molar-refractivity contribution in [1.29, 1.82) is 0 Å². The van der Waals surface area contributed by atoms with Crippen molar-refractivity contribution < 1.29 is 0 Å². The van der Waals surface area contributed by atoms with Crippen molar-refractivity contribution in [3.63, 3.8) is 0 Å². The van der Waals surface area contributed by atoms with E-state index in [0.29, 0.717) is 0 Å². The zero-order valence-electron chi connectivity index (χ0n) is 15.1. The van der Waals surface area contributed by atoms with E-state index in [0.717, 1.165) is 43.6 Å². The summed E-state index contributed by atoms with van der Waals surface area (Å²) in [6.07, 6.45) is 3.70. The average molecular weight is 381 g/mol. The Morgan fingerprint density at radius 2 is 1.11 bits per heavy atom. The summed E-state index contributed by atoms with van der Waals surface area (Å²) in [4.78, 5) is 6.69. The highest BCUT2D eigenvalue weighted by Gasteiger charge is 2.20. The maximum Gasteiger partial charge on any atom is 0.0635 e. The molecular formula is C25H17ClN2. The topological polar surface area (TPSA) is 16.1 Å². The highest BCUT2D eigenvalue weighted by atomic mass is 35.5. The van der Waals surface area contributed by atoms with Crippen LogP contribution in [0.3, 0.4) is 0 Å². The Hall–Kier alpha value is -3.36. The summed E-state index contributed by atoms with van der Waals surface area (Å²) in [5, 5.41) is 4.93. The van der Waals surface area contributed by atoms with Crippen LogP contribution >= 0.6 is 11.6 Å². The zero-order chi connectivity index (χ0) is 18.9. The van der Waals surface area contributed by atoms with Gasteiger partial charge in [-0.1, -0.05) is 72.3 Å². The number of nitrogens with zero attached hydrogens (tertiary/aromatic N) is 2. The summed E-state index contributed by atoms with van der Waals surface area (Å²) in [6, 6.07) is 31.1. The number of pyridine rings is 1. The van der Waals surface area contributed by atoms with Gasteiger partial charge in [0, 0.05) is 45.3 Å². The predicted octanol–water partition coefficient (Wildman–Crippen LogP) is 7.51. The van der Waals surface area contributed by atoms with E-state index in [-0.39, 0.29) is 0 Å². The number of para-hydroxylation sites is 2. The first-order chi connectivity index (χ1) is 13.8. The minimum atomic E-state index is 0.762. The normalized spacial score (nSPS) is 11.0. The number of aromatic nitrogens is 1. The molecule has 0 spiro atoms. The number of hydrogen-bond acceptors (Lipinski definition) is 2. The molecular weight excluding hydrogens is 364 g/mol. The van der Waals surface area contributed by atoms with Gasteiger partial charge in [-0.3, -0.25) is 4.98 Å². The van der Waals surface area contributed by atoms with Gasteiger partial charge in [0.2, 0.25) is 0 Å². The molecule has 5 rings (SSSR count). The lowest BCUT2D eigenvalue weighted by Gasteiger charge is -2.28. The van der Waals surface area contributed by atoms with Crippen LogP contribution in [0.2, 0.25) is 5.02 Å². The van der Waals surface area contributed by atoms with Crippen LogP contribution in [0, 0.1) is 0 Å². The molecule has 0 aliphatic heterocycles. The molecule has 0 aliphatic rings. The fourth-order valence-corrected chi connectivity index (χ4v) is 4.08. The van der Waals surface area contributed by atoms with E-state index in [9.17, 15) is 0 Å². The van der Waals surface area contributed by atoms with Crippen LogP contribution in [0.5, 0.6) is 0 Å². The van der Waals surface area contributed by atoms with Gasteiger partial charge < -0.3 is 4.90 Å². The molecule has 0 aliphatic carbocycles. The van der Waals surface area contributed by atoms with Crippen LogP contribution in [-0.2, 0) is 0 Å². The lowest BCUT2D eigenvalue weighted by atomic mass is 10.00. The summed E-state index contributed by atoms with van der Waals surface area (Å²) in [7, 11) is 0. The lowest BCUT2D eigenvalue weighted by molar-refractivity contribution is 1.30. The number of hydrogen-bond donors (Lipinski definition) is 0. The molecule has 0 radical (unpaired) electrons. The average Bonchev–Trinajstić information content (AvgIpc) is 2.78. The van der Waals surface area contributed by atoms with Crippen molar-refractivity contribution in [3.05, 3.63) is 108 Å². The Kier molecular flexibility index (Phi) is 4.19. The Morgan fingerprint density at radius 1 is 0.571 bits per heavy atom. The fraction of sp³-hybridized carbons (Fsp3) is 0. The quantitative estimate of drug-likeness (QED) is 0.301. The van der Waals surface area contributed by atoms with Gasteiger partial charge in [0.1, 0.15) is 0 Å². The van der Waals surface area contributed by atoms with Crippen LogP contribution in [0.15, 0.2) is 103 Å². The largest absolute Gasteiger partial charge is 0.309 e. The third kappa shape index (κ3) is 2.70. The molecule has 0 bridgehead atoms. The molecule has 0 amide bonds. The highest BCUT2D eigenvalue weighted by Crippen LogP contribution is 2.46. The van der Waals surface area contributed by atoms with Crippen molar-refractivity contribution in [2.24, 2.45) is 0 Å². The van der Waals surface area contributed by atoms with Gasteiger partial charge in [-0.25, -0.2) is 0 Å². The third-order valence-electron chi connectivity index (χ3n) is 4.98. The summed E-state index contributed by atoms with van der Waals surface area (Å²) in [6.45, 7) is 0. The molecule has 0 unspecified atom stereocenters. The van der Waals surface area contributed by atoms with Gasteiger partial charge in [0.25, 0.3) is 0 Å². The van der Waals surface area contributed by atoms with Crippen LogP contribution < -0.4 is 4.90 Å². The van der Waals surface area contributed by atoms with E-state index in [1.54, 1.807) is 6.20 Å². The maximum atomic E-state index is 6.80. The summed E-state index contributed by atoms with van der Waals surface area (Å²) in [5.74, 6) is 0. The molecule has 0 saturated heterocycles. The number of anilines is 3. The second-order valence-electron chi connectivity index (χ2n) is 6.64. The van der Waals surface area contributed by atoms with Crippen molar-refractivity contribution in [3.8, 4) is 0 Å². The first-order valence-corrected chi connectivity index (χ1v) is 9.56. The lowest BCUT2D eigenvalue weighted by Crippen LogP contribution is -2.11. The van der Waals surface area contributed by atoms with Crippen molar-refractivity contribution in [2.75, 3.05) is 4.90 Å². The second-order valence-corrected chi connectivity index (χ2v) is 7.01. The maximum absolute atomic E-state index is 6.80. The predicted molar refractivity (Wildman–Crippen MR) is 119 cm³/mol. The van der Waals surface area contributed by atoms with E-state index in [4.69, 9.17) is 11.6 Å². The van der Waals surface area contributed by atoms with Crippen LogP contribution in [0.25, 0.3) is 21.5 Å². The van der Waals surface area contributed by atoms with E-state index in [1.165, 1.54) is 0 Å². The highest BCUT2D eigenvalue weighted by molar-refractivity contribution is 6.42. The fourth-order valence-electron chi connectivity index (χ4n) is 3.75. The molecule has 3 heteroatoms. The molecule has 28 heavy (non-hydrogen) atoms. The second kappa shape index (κ2) is 6.99. The molecule has 1 aromatic heterocycles. The first kappa shape index (κ1) is 16.8. The number of fused-ring (bicyclic) bond motifs is 2. The van der Waals surface area contributed by atoms with E-state index >= 15 is 0 Å². The smallest absolute Gasteiger partial charge is 0.0635 e. The standard InChI is InChI=1S/C25H17ClN2/c26-24-20-13-7-8-14-22(20)25(23-17-27-16-15-21(23)24)28(18-9-3-1-4-10-18)19-11-5-2-6-12-19/h1-17H. The SMILES string of the molecule is Clc1c2ccccc2c(N(c2ccccc2)c2ccccc2)c2cnccc12. The van der Waals surface area contributed by atoms with E-state index in [1.807, 2.05) is 30.5 Å². The summed E-state index contributed by atoms with van der Waals surface area (Å²) < 4.78 is 0. The molecule has 0 N–H and O–H groups in total. The van der Waals surface area contributed by atoms with Gasteiger partial charge in [-0.05, 0) is 30.3 Å². The van der Waals surface area contributed by atoms with Crippen molar-refractivity contribution in [1.82, 2.24) is 4.98 Å². The molecule has 4 aromatic carbocycles. The minimum absolute atomic E-state index is 0.762. The Morgan fingerprint density at radius 3 is 1.75 bits per heavy atom. The van der Waals surface area contributed by atoms with Gasteiger partial charge in [-0.15, -0.1) is 0 Å². The zero-order valence-corrected chi connectivity index (χ0v) is 15.8. The first-order valence-electron chi connectivity index (χ1n) is 9.19. The molecule has 0 atom stereocenters. The Balaban J connectivity index is 1.95. The molecule has 2 nitrogen and oxygen atoms in total. The summed E-state index contributed by atoms with van der Waals surface area (Å²) >= 11 is 6.80. The number of benzene rings is 4. The number of halogens is 1. The molecule has 0 fully saturated rings. The number of rotatable bonds is 3.